The van der Waals surface area contributed by atoms with E-state index in [-0.39, 0.29) is 11.5 Å². The van der Waals surface area contributed by atoms with Crippen molar-refractivity contribution in [1.29, 1.82) is 0 Å². The van der Waals surface area contributed by atoms with Gasteiger partial charge in [-0.3, -0.25) is 0 Å². The zero-order chi connectivity index (χ0) is 21.9. The van der Waals surface area contributed by atoms with Crippen LogP contribution in [0.2, 0.25) is 0 Å². The van der Waals surface area contributed by atoms with Crippen LogP contribution in [-0.4, -0.2) is 27.9 Å². The number of nitrogens with two attached hydrogens (primary N) is 1. The molecule has 0 amide bonds. The van der Waals surface area contributed by atoms with Crippen LogP contribution in [0.15, 0.2) is 53.0 Å². The zero-order valence-corrected chi connectivity index (χ0v) is 17.3. The van der Waals surface area contributed by atoms with Crippen LogP contribution in [0, 0.1) is 0 Å². The summed E-state index contributed by atoms with van der Waals surface area (Å²) < 4.78 is 44.4. The Hall–Kier alpha value is -2.85. The number of aromatic nitrogens is 2. The molecule has 1 atom stereocenters. The average molecular weight is 483 g/mol. The molecule has 0 unspecified atom stereocenters. The molecule has 158 valence electrons. The van der Waals surface area contributed by atoms with Crippen LogP contribution in [0.5, 0.6) is 5.75 Å². The van der Waals surface area contributed by atoms with E-state index in [0.29, 0.717) is 35.1 Å². The molecule has 0 saturated heterocycles. The van der Waals surface area contributed by atoms with Crippen molar-refractivity contribution < 1.29 is 23.0 Å². The highest BCUT2D eigenvalue weighted by atomic mass is 79.9. The second-order valence-electron chi connectivity index (χ2n) is 6.26. The number of nitrogen functional groups attached to an aromatic ring is 1. The highest BCUT2D eigenvalue weighted by Gasteiger charge is 2.39. The molecule has 0 aliphatic rings. The first-order valence-electron chi connectivity index (χ1n) is 8.86. The van der Waals surface area contributed by atoms with Gasteiger partial charge >= 0.3 is 6.18 Å². The second-order valence-corrected chi connectivity index (χ2v) is 7.18. The molecule has 0 aliphatic carbocycles. The number of ether oxygens (including phenoxy) is 1. The molecule has 1 aromatic heterocycles. The van der Waals surface area contributed by atoms with Crippen LogP contribution in [-0.2, 0) is 0 Å². The van der Waals surface area contributed by atoms with Crippen LogP contribution in [0.25, 0.3) is 11.3 Å². The summed E-state index contributed by atoms with van der Waals surface area (Å²) in [4.78, 5) is 8.38. The van der Waals surface area contributed by atoms with Gasteiger partial charge in [-0.2, -0.15) is 18.2 Å². The molecule has 0 spiro atoms. The Morgan fingerprint density at radius 1 is 1.13 bits per heavy atom. The lowest BCUT2D eigenvalue weighted by Crippen LogP contribution is -2.20. The highest BCUT2D eigenvalue weighted by molar-refractivity contribution is 9.10. The van der Waals surface area contributed by atoms with Gasteiger partial charge in [0.05, 0.1) is 12.3 Å². The lowest BCUT2D eigenvalue weighted by Gasteiger charge is -2.15. The molecular weight excluding hydrogens is 465 g/mol. The molecule has 3 aromatic rings. The number of anilines is 3. The molecule has 0 radical (unpaired) electrons. The standard InChI is InChI=1S/C20H18BrF3N4O2/c1-2-30-16-8-5-12(21)9-14(16)15-10-17(28-19(25)27-15)26-13-6-3-11(4-7-13)18(29)20(22,23)24/h3-10,18,29H,2H2,1H3,(H3,25,26,27,28)/t18-/m0/s1. The molecule has 3 rings (SSSR count). The van der Waals surface area contributed by atoms with Gasteiger partial charge in [-0.15, -0.1) is 0 Å². The number of rotatable bonds is 6. The third kappa shape index (κ3) is 5.19. The van der Waals surface area contributed by atoms with Crippen LogP contribution in [0.1, 0.15) is 18.6 Å². The first-order valence-corrected chi connectivity index (χ1v) is 9.65. The first-order chi connectivity index (χ1) is 14.2. The van der Waals surface area contributed by atoms with E-state index in [1.807, 2.05) is 19.1 Å². The van der Waals surface area contributed by atoms with Crippen LogP contribution >= 0.6 is 15.9 Å². The average Bonchev–Trinajstić information content (AvgIpc) is 2.68. The summed E-state index contributed by atoms with van der Waals surface area (Å²) in [6.07, 6.45) is -7.27. The summed E-state index contributed by atoms with van der Waals surface area (Å²) in [6, 6.07) is 12.3. The first kappa shape index (κ1) is 21.8. The minimum absolute atomic E-state index is 0.0153. The van der Waals surface area contributed by atoms with Crippen molar-refractivity contribution in [3.8, 4) is 17.0 Å². The van der Waals surface area contributed by atoms with Crippen molar-refractivity contribution in [3.63, 3.8) is 0 Å². The van der Waals surface area contributed by atoms with Gasteiger partial charge in [0.15, 0.2) is 6.10 Å². The fourth-order valence-electron chi connectivity index (χ4n) is 2.74. The SMILES string of the molecule is CCOc1ccc(Br)cc1-c1cc(Nc2ccc([C@H](O)C(F)(F)F)cc2)nc(N)n1. The molecule has 0 aliphatic heterocycles. The summed E-state index contributed by atoms with van der Waals surface area (Å²) in [5.74, 6) is 0.987. The van der Waals surface area contributed by atoms with Crippen molar-refractivity contribution in [2.75, 3.05) is 17.7 Å². The molecule has 0 saturated carbocycles. The normalized spacial score (nSPS) is 12.5. The topological polar surface area (TPSA) is 93.3 Å². The smallest absolute Gasteiger partial charge is 0.418 e. The van der Waals surface area contributed by atoms with Crippen molar-refractivity contribution in [1.82, 2.24) is 9.97 Å². The molecule has 6 nitrogen and oxygen atoms in total. The van der Waals surface area contributed by atoms with Gasteiger partial charge in [0.1, 0.15) is 11.6 Å². The Balaban J connectivity index is 1.89. The van der Waals surface area contributed by atoms with Gasteiger partial charge in [0.25, 0.3) is 0 Å². The maximum absolute atomic E-state index is 12.6. The van der Waals surface area contributed by atoms with E-state index in [2.05, 4.69) is 31.2 Å². The van der Waals surface area contributed by atoms with Gasteiger partial charge in [-0.25, -0.2) is 4.98 Å². The number of hydrogen-bond donors (Lipinski definition) is 3. The summed E-state index contributed by atoms with van der Waals surface area (Å²) >= 11 is 3.42. The van der Waals surface area contributed by atoms with Crippen molar-refractivity contribution in [2.24, 2.45) is 0 Å². The molecule has 1 heterocycles. The summed E-state index contributed by atoms with van der Waals surface area (Å²) in [6.45, 7) is 2.34. The summed E-state index contributed by atoms with van der Waals surface area (Å²) in [5.41, 5.74) is 7.28. The van der Waals surface area contributed by atoms with Crippen LogP contribution in [0.3, 0.4) is 0 Å². The minimum atomic E-state index is -4.73. The third-order valence-electron chi connectivity index (χ3n) is 4.07. The number of aliphatic hydroxyl groups is 1. The quantitative estimate of drug-likeness (QED) is 0.445. The lowest BCUT2D eigenvalue weighted by atomic mass is 10.1. The van der Waals surface area contributed by atoms with Gasteiger partial charge in [0, 0.05) is 21.8 Å². The van der Waals surface area contributed by atoms with Crippen molar-refractivity contribution in [3.05, 3.63) is 58.6 Å². The maximum atomic E-state index is 12.6. The lowest BCUT2D eigenvalue weighted by molar-refractivity contribution is -0.206. The molecular formula is C20H18BrF3N4O2. The Morgan fingerprint density at radius 3 is 2.47 bits per heavy atom. The number of nitrogens with zero attached hydrogens (tertiary/aromatic N) is 2. The van der Waals surface area contributed by atoms with Crippen molar-refractivity contribution >= 4 is 33.4 Å². The Bertz CT molecular complexity index is 1030. The third-order valence-corrected chi connectivity index (χ3v) is 4.56. The molecule has 2 aromatic carbocycles. The molecule has 4 N–H and O–H groups in total. The molecule has 10 heteroatoms. The van der Waals surface area contributed by atoms with Crippen LogP contribution in [0.4, 0.5) is 30.6 Å². The maximum Gasteiger partial charge on any atom is 0.418 e. The number of benzene rings is 2. The predicted octanol–water partition coefficient (Wildman–Crippen LogP) is 5.23. The van der Waals surface area contributed by atoms with Crippen LogP contribution < -0.4 is 15.8 Å². The highest BCUT2D eigenvalue weighted by Crippen LogP contribution is 2.35. The van der Waals surface area contributed by atoms with E-state index in [1.54, 1.807) is 12.1 Å². The van der Waals surface area contributed by atoms with E-state index in [1.165, 1.54) is 24.3 Å². The number of nitrogens with one attached hydrogen (secondary N) is 1. The Kier molecular flexibility index (Phi) is 6.47. The van der Waals surface area contributed by atoms with E-state index in [4.69, 9.17) is 10.5 Å². The van der Waals surface area contributed by atoms with Gasteiger partial charge in [-0.05, 0) is 42.8 Å². The molecule has 0 fully saturated rings. The van der Waals surface area contributed by atoms with E-state index < -0.39 is 12.3 Å². The fourth-order valence-corrected chi connectivity index (χ4v) is 3.10. The predicted molar refractivity (Wildman–Crippen MR) is 111 cm³/mol. The number of alkyl halides is 3. The van der Waals surface area contributed by atoms with Crippen molar-refractivity contribution in [2.45, 2.75) is 19.2 Å². The van der Waals surface area contributed by atoms with E-state index in [0.717, 1.165) is 4.47 Å². The number of aliphatic hydroxyl groups excluding tert-OH is 1. The van der Waals surface area contributed by atoms with E-state index >= 15 is 0 Å². The number of hydrogen-bond acceptors (Lipinski definition) is 6. The van der Waals surface area contributed by atoms with Gasteiger partial charge in [-0.1, -0.05) is 28.1 Å². The monoisotopic (exact) mass is 482 g/mol. The van der Waals surface area contributed by atoms with Gasteiger partial charge in [0.2, 0.25) is 5.95 Å². The second kappa shape index (κ2) is 8.88. The summed E-state index contributed by atoms with van der Waals surface area (Å²) in [7, 11) is 0. The van der Waals surface area contributed by atoms with Gasteiger partial charge < -0.3 is 20.9 Å². The fraction of sp³-hybridized carbons (Fsp3) is 0.200. The Morgan fingerprint density at radius 2 is 1.83 bits per heavy atom. The van der Waals surface area contributed by atoms with E-state index in [9.17, 15) is 18.3 Å². The minimum Gasteiger partial charge on any atom is -0.493 e. The Labute approximate surface area is 179 Å². The zero-order valence-electron chi connectivity index (χ0n) is 15.7. The molecule has 30 heavy (non-hydrogen) atoms. The summed E-state index contributed by atoms with van der Waals surface area (Å²) in [5, 5.41) is 12.3. The number of halogens is 4. The largest absolute Gasteiger partial charge is 0.493 e. The molecule has 0 bridgehead atoms.